The van der Waals surface area contributed by atoms with Gasteiger partial charge in [0.05, 0.1) is 6.54 Å². The Kier molecular flexibility index (Phi) is 5.91. The highest BCUT2D eigenvalue weighted by molar-refractivity contribution is 5.86. The van der Waals surface area contributed by atoms with Crippen LogP contribution in [0.3, 0.4) is 0 Å². The summed E-state index contributed by atoms with van der Waals surface area (Å²) in [6.07, 6.45) is 0. The Labute approximate surface area is 93.8 Å². The first kappa shape index (κ1) is 14.2. The first-order chi connectivity index (χ1) is 7.38. The zero-order valence-corrected chi connectivity index (χ0v) is 9.61. The topological polar surface area (TPSA) is 98.7 Å². The molecule has 0 radical (unpaired) electrons. The van der Waals surface area contributed by atoms with Crippen molar-refractivity contribution < 1.29 is 19.5 Å². The standard InChI is InChI=1S/C9H17N3O4/c1-4-12(3)7(13)5-10-9(16)11-6(2)8(14)15/h6H,4-5H2,1-3H3,(H,14,15)(H2,10,11,16)/t6-/m1/s1. The fourth-order valence-corrected chi connectivity index (χ4v) is 0.777. The van der Waals surface area contributed by atoms with Gasteiger partial charge in [-0.2, -0.15) is 0 Å². The lowest BCUT2D eigenvalue weighted by molar-refractivity contribution is -0.138. The highest BCUT2D eigenvalue weighted by Crippen LogP contribution is 1.83. The molecule has 3 N–H and O–H groups in total. The second-order valence-electron chi connectivity index (χ2n) is 3.29. The van der Waals surface area contributed by atoms with E-state index in [-0.39, 0.29) is 12.5 Å². The van der Waals surface area contributed by atoms with Gasteiger partial charge in [-0.05, 0) is 13.8 Å². The molecule has 0 rings (SSSR count). The fourth-order valence-electron chi connectivity index (χ4n) is 0.777. The van der Waals surface area contributed by atoms with Crippen molar-refractivity contribution in [1.82, 2.24) is 15.5 Å². The van der Waals surface area contributed by atoms with Gasteiger partial charge in [-0.15, -0.1) is 0 Å². The lowest BCUT2D eigenvalue weighted by Gasteiger charge is -2.15. The minimum Gasteiger partial charge on any atom is -0.480 e. The van der Waals surface area contributed by atoms with Gasteiger partial charge in [-0.3, -0.25) is 9.59 Å². The van der Waals surface area contributed by atoms with Gasteiger partial charge in [0.15, 0.2) is 0 Å². The molecular formula is C9H17N3O4. The molecule has 7 nitrogen and oxygen atoms in total. The molecule has 0 aliphatic rings. The van der Waals surface area contributed by atoms with E-state index in [1.807, 2.05) is 6.92 Å². The molecule has 7 heteroatoms. The van der Waals surface area contributed by atoms with Crippen LogP contribution >= 0.6 is 0 Å². The molecule has 92 valence electrons. The number of aliphatic carboxylic acids is 1. The van der Waals surface area contributed by atoms with E-state index in [1.54, 1.807) is 7.05 Å². The van der Waals surface area contributed by atoms with Crippen LogP contribution in [-0.2, 0) is 9.59 Å². The molecule has 0 aromatic carbocycles. The molecule has 16 heavy (non-hydrogen) atoms. The van der Waals surface area contributed by atoms with Crippen LogP contribution in [0.4, 0.5) is 4.79 Å². The molecule has 0 spiro atoms. The van der Waals surface area contributed by atoms with Crippen molar-refractivity contribution in [2.45, 2.75) is 19.9 Å². The maximum absolute atomic E-state index is 11.3. The van der Waals surface area contributed by atoms with Crippen LogP contribution in [0.2, 0.25) is 0 Å². The van der Waals surface area contributed by atoms with E-state index in [1.165, 1.54) is 11.8 Å². The zero-order valence-electron chi connectivity index (χ0n) is 9.61. The third-order valence-electron chi connectivity index (χ3n) is 2.02. The van der Waals surface area contributed by atoms with Crippen molar-refractivity contribution >= 4 is 17.9 Å². The quantitative estimate of drug-likeness (QED) is 0.579. The molecule has 3 amide bonds. The third-order valence-corrected chi connectivity index (χ3v) is 2.02. The van der Waals surface area contributed by atoms with Crippen LogP contribution in [0.15, 0.2) is 0 Å². The number of nitrogens with zero attached hydrogens (tertiary/aromatic N) is 1. The lowest BCUT2D eigenvalue weighted by atomic mass is 10.3. The number of carboxylic acid groups (broad SMARTS) is 1. The van der Waals surface area contributed by atoms with Gasteiger partial charge >= 0.3 is 12.0 Å². The third kappa shape index (κ3) is 5.18. The molecular weight excluding hydrogens is 214 g/mol. The summed E-state index contributed by atoms with van der Waals surface area (Å²) in [5.74, 6) is -1.37. The highest BCUT2D eigenvalue weighted by atomic mass is 16.4. The Morgan fingerprint density at radius 1 is 1.38 bits per heavy atom. The summed E-state index contributed by atoms with van der Waals surface area (Å²) < 4.78 is 0. The van der Waals surface area contributed by atoms with E-state index in [9.17, 15) is 14.4 Å². The molecule has 0 fully saturated rings. The Bertz CT molecular complexity index is 280. The second kappa shape index (κ2) is 6.65. The number of urea groups is 1. The largest absolute Gasteiger partial charge is 0.480 e. The second-order valence-corrected chi connectivity index (χ2v) is 3.29. The lowest BCUT2D eigenvalue weighted by Crippen LogP contribution is -2.47. The SMILES string of the molecule is CCN(C)C(=O)CNC(=O)N[C@H](C)C(=O)O. The number of amides is 3. The van der Waals surface area contributed by atoms with Gasteiger partial charge in [0, 0.05) is 13.6 Å². The van der Waals surface area contributed by atoms with Crippen molar-refractivity contribution in [3.63, 3.8) is 0 Å². The number of rotatable bonds is 5. The van der Waals surface area contributed by atoms with Gasteiger partial charge < -0.3 is 20.6 Å². The Morgan fingerprint density at radius 3 is 2.38 bits per heavy atom. The number of hydrogen-bond donors (Lipinski definition) is 3. The van der Waals surface area contributed by atoms with E-state index >= 15 is 0 Å². The Morgan fingerprint density at radius 2 is 1.94 bits per heavy atom. The van der Waals surface area contributed by atoms with Crippen molar-refractivity contribution in [3.05, 3.63) is 0 Å². The molecule has 0 aliphatic heterocycles. The maximum Gasteiger partial charge on any atom is 0.325 e. The molecule has 0 heterocycles. The van der Waals surface area contributed by atoms with Gasteiger partial charge in [0.1, 0.15) is 6.04 Å². The molecule has 0 aromatic rings. The van der Waals surface area contributed by atoms with Crippen LogP contribution < -0.4 is 10.6 Å². The van der Waals surface area contributed by atoms with Crippen LogP contribution in [-0.4, -0.2) is 54.1 Å². The molecule has 0 aromatic heterocycles. The molecule has 0 aliphatic carbocycles. The van der Waals surface area contributed by atoms with Crippen molar-refractivity contribution in [2.75, 3.05) is 20.1 Å². The average Bonchev–Trinajstić information content (AvgIpc) is 2.24. The summed E-state index contributed by atoms with van der Waals surface area (Å²) in [6.45, 7) is 3.54. The number of carbonyl (C=O) groups is 3. The van der Waals surface area contributed by atoms with Crippen molar-refractivity contribution in [2.24, 2.45) is 0 Å². The molecule has 0 saturated carbocycles. The van der Waals surface area contributed by atoms with Crippen LogP contribution in [0, 0.1) is 0 Å². The van der Waals surface area contributed by atoms with E-state index in [4.69, 9.17) is 5.11 Å². The maximum atomic E-state index is 11.3. The minimum absolute atomic E-state index is 0.150. The zero-order chi connectivity index (χ0) is 12.7. The van der Waals surface area contributed by atoms with Gasteiger partial charge in [-0.1, -0.05) is 0 Å². The van der Waals surface area contributed by atoms with E-state index in [0.29, 0.717) is 6.54 Å². The summed E-state index contributed by atoms with van der Waals surface area (Å²) in [7, 11) is 1.61. The summed E-state index contributed by atoms with van der Waals surface area (Å²) in [6, 6.07) is -1.66. The van der Waals surface area contributed by atoms with Crippen molar-refractivity contribution in [1.29, 1.82) is 0 Å². The van der Waals surface area contributed by atoms with Crippen LogP contribution in [0.1, 0.15) is 13.8 Å². The molecule has 0 unspecified atom stereocenters. The Hall–Kier alpha value is -1.79. The number of carboxylic acids is 1. The van der Waals surface area contributed by atoms with Gasteiger partial charge in [0.25, 0.3) is 0 Å². The van der Waals surface area contributed by atoms with Crippen LogP contribution in [0.5, 0.6) is 0 Å². The summed E-state index contributed by atoms with van der Waals surface area (Å²) in [5, 5.41) is 13.0. The summed E-state index contributed by atoms with van der Waals surface area (Å²) >= 11 is 0. The minimum atomic E-state index is -1.13. The van der Waals surface area contributed by atoms with Crippen molar-refractivity contribution in [3.8, 4) is 0 Å². The average molecular weight is 231 g/mol. The predicted octanol–water partition coefficient (Wildman–Crippen LogP) is -0.763. The smallest absolute Gasteiger partial charge is 0.325 e. The highest BCUT2D eigenvalue weighted by Gasteiger charge is 2.14. The van der Waals surface area contributed by atoms with E-state index in [0.717, 1.165) is 0 Å². The van der Waals surface area contributed by atoms with Crippen LogP contribution in [0.25, 0.3) is 0 Å². The summed E-state index contributed by atoms with van der Waals surface area (Å²) in [5.41, 5.74) is 0. The predicted molar refractivity (Wildman–Crippen MR) is 56.9 cm³/mol. The fraction of sp³-hybridized carbons (Fsp3) is 0.667. The first-order valence-electron chi connectivity index (χ1n) is 4.89. The molecule has 1 atom stereocenters. The van der Waals surface area contributed by atoms with Gasteiger partial charge in [0.2, 0.25) is 5.91 Å². The number of nitrogens with one attached hydrogen (secondary N) is 2. The molecule has 0 saturated heterocycles. The number of hydrogen-bond acceptors (Lipinski definition) is 3. The number of likely N-dealkylation sites (N-methyl/N-ethyl adjacent to an activating group) is 1. The Balaban J connectivity index is 3.90. The summed E-state index contributed by atoms with van der Waals surface area (Å²) in [4.78, 5) is 34.2. The normalized spacial score (nSPS) is 11.4. The van der Waals surface area contributed by atoms with E-state index < -0.39 is 18.0 Å². The number of carbonyl (C=O) groups excluding carboxylic acids is 2. The first-order valence-corrected chi connectivity index (χ1v) is 4.89. The van der Waals surface area contributed by atoms with E-state index in [2.05, 4.69) is 10.6 Å². The van der Waals surface area contributed by atoms with Gasteiger partial charge in [-0.25, -0.2) is 4.79 Å². The monoisotopic (exact) mass is 231 g/mol. The molecule has 0 bridgehead atoms.